The zero-order chi connectivity index (χ0) is 12.3. The van der Waals surface area contributed by atoms with Gasteiger partial charge in [-0.3, -0.25) is 0 Å². The van der Waals surface area contributed by atoms with Crippen LogP contribution >= 0.6 is 0 Å². The van der Waals surface area contributed by atoms with Crippen molar-refractivity contribution < 1.29 is 0 Å². The van der Waals surface area contributed by atoms with Crippen LogP contribution in [0.25, 0.3) is 0 Å². The summed E-state index contributed by atoms with van der Waals surface area (Å²) >= 11 is 0. The normalized spacial score (nSPS) is 12.2. The van der Waals surface area contributed by atoms with Crippen molar-refractivity contribution in [2.45, 2.75) is 26.8 Å². The van der Waals surface area contributed by atoms with Crippen LogP contribution in [0.5, 0.6) is 0 Å². The molecule has 0 aliphatic rings. The molecule has 2 aromatic rings. The van der Waals surface area contributed by atoms with Crippen LogP contribution in [-0.4, -0.2) is 0 Å². The number of nitrogens with one attached hydrogen (secondary N) is 1. The third kappa shape index (κ3) is 2.68. The molecule has 0 saturated heterocycles. The van der Waals surface area contributed by atoms with Crippen LogP contribution in [-0.2, 0) is 0 Å². The Hall–Kier alpha value is -1.76. The fourth-order valence-corrected chi connectivity index (χ4v) is 2.08. The first kappa shape index (κ1) is 11.7. The predicted octanol–water partition coefficient (Wildman–Crippen LogP) is 4.48. The van der Waals surface area contributed by atoms with E-state index in [9.17, 15) is 0 Å². The smallest absolute Gasteiger partial charge is 0.0485 e. The van der Waals surface area contributed by atoms with Crippen molar-refractivity contribution in [3.8, 4) is 0 Å². The molecule has 1 nitrogen and oxygen atoms in total. The molecule has 1 heteroatoms. The lowest BCUT2D eigenvalue weighted by Gasteiger charge is -2.19. The van der Waals surface area contributed by atoms with E-state index in [0.717, 1.165) is 0 Å². The summed E-state index contributed by atoms with van der Waals surface area (Å²) < 4.78 is 0. The number of aryl methyl sites for hydroxylation is 2. The second kappa shape index (κ2) is 5.05. The van der Waals surface area contributed by atoms with Gasteiger partial charge in [-0.1, -0.05) is 48.5 Å². The lowest BCUT2D eigenvalue weighted by Crippen LogP contribution is -2.08. The molecule has 0 radical (unpaired) electrons. The van der Waals surface area contributed by atoms with Crippen LogP contribution in [0.1, 0.15) is 29.7 Å². The van der Waals surface area contributed by atoms with Crippen molar-refractivity contribution in [3.05, 3.63) is 65.2 Å². The molecule has 0 amide bonds. The van der Waals surface area contributed by atoms with E-state index in [1.165, 1.54) is 22.4 Å². The van der Waals surface area contributed by atoms with Gasteiger partial charge < -0.3 is 5.32 Å². The Bertz CT molecular complexity index is 468. The van der Waals surface area contributed by atoms with Crippen LogP contribution < -0.4 is 5.32 Å². The van der Waals surface area contributed by atoms with Gasteiger partial charge in [0.15, 0.2) is 0 Å². The lowest BCUT2D eigenvalue weighted by molar-refractivity contribution is 0.880. The minimum atomic E-state index is 0.330. The second-order valence-corrected chi connectivity index (χ2v) is 4.54. The van der Waals surface area contributed by atoms with E-state index in [4.69, 9.17) is 0 Å². The summed E-state index contributed by atoms with van der Waals surface area (Å²) in [4.78, 5) is 0. The Morgan fingerprint density at radius 2 is 1.41 bits per heavy atom. The molecule has 2 rings (SSSR count). The van der Waals surface area contributed by atoms with Crippen LogP contribution in [0.2, 0.25) is 0 Å². The molecule has 0 bridgehead atoms. The molecule has 1 unspecified atom stereocenters. The third-order valence-electron chi connectivity index (χ3n) is 3.14. The molecule has 0 aromatic heterocycles. The molecule has 0 aliphatic carbocycles. The fourth-order valence-electron chi connectivity index (χ4n) is 2.08. The fraction of sp³-hybridized carbons (Fsp3) is 0.250. The summed E-state index contributed by atoms with van der Waals surface area (Å²) in [5.41, 5.74) is 5.17. The molecular weight excluding hydrogens is 206 g/mol. The van der Waals surface area contributed by atoms with Gasteiger partial charge in [0, 0.05) is 11.7 Å². The van der Waals surface area contributed by atoms with Crippen molar-refractivity contribution in [1.82, 2.24) is 0 Å². The van der Waals surface area contributed by atoms with Crippen molar-refractivity contribution >= 4 is 5.69 Å². The molecule has 1 atom stereocenters. The summed E-state index contributed by atoms with van der Waals surface area (Å²) in [5, 5.41) is 3.59. The standard InChI is InChI=1S/C16H19N/c1-12-8-7-9-13(2)16(12)17-14(3)15-10-5-4-6-11-15/h4-11,14,17H,1-3H3. The number of anilines is 1. The van der Waals surface area contributed by atoms with Crippen molar-refractivity contribution in [2.24, 2.45) is 0 Å². The number of benzene rings is 2. The molecule has 17 heavy (non-hydrogen) atoms. The number of hydrogen-bond acceptors (Lipinski definition) is 1. The molecule has 0 saturated carbocycles. The molecule has 0 heterocycles. The first-order chi connectivity index (χ1) is 8.18. The van der Waals surface area contributed by atoms with E-state index in [2.05, 4.69) is 74.6 Å². The summed E-state index contributed by atoms with van der Waals surface area (Å²) in [6.07, 6.45) is 0. The zero-order valence-electron chi connectivity index (χ0n) is 10.7. The maximum atomic E-state index is 3.59. The maximum absolute atomic E-state index is 3.59. The second-order valence-electron chi connectivity index (χ2n) is 4.54. The van der Waals surface area contributed by atoms with E-state index >= 15 is 0 Å². The highest BCUT2D eigenvalue weighted by Crippen LogP contribution is 2.25. The Morgan fingerprint density at radius 1 is 0.824 bits per heavy atom. The van der Waals surface area contributed by atoms with Crippen LogP contribution in [0, 0.1) is 13.8 Å². The Kier molecular flexibility index (Phi) is 3.48. The van der Waals surface area contributed by atoms with E-state index in [0.29, 0.717) is 6.04 Å². The minimum Gasteiger partial charge on any atom is -0.378 e. The van der Waals surface area contributed by atoms with E-state index in [1.807, 2.05) is 0 Å². The van der Waals surface area contributed by atoms with Gasteiger partial charge in [-0.15, -0.1) is 0 Å². The largest absolute Gasteiger partial charge is 0.378 e. The molecule has 88 valence electrons. The van der Waals surface area contributed by atoms with Gasteiger partial charge in [-0.2, -0.15) is 0 Å². The highest BCUT2D eigenvalue weighted by atomic mass is 14.9. The van der Waals surface area contributed by atoms with Gasteiger partial charge in [0.25, 0.3) is 0 Å². The Balaban J connectivity index is 2.22. The van der Waals surface area contributed by atoms with Gasteiger partial charge in [0.2, 0.25) is 0 Å². The van der Waals surface area contributed by atoms with Gasteiger partial charge in [-0.25, -0.2) is 0 Å². The van der Waals surface area contributed by atoms with E-state index < -0.39 is 0 Å². The zero-order valence-corrected chi connectivity index (χ0v) is 10.7. The van der Waals surface area contributed by atoms with Crippen molar-refractivity contribution in [2.75, 3.05) is 5.32 Å². The minimum absolute atomic E-state index is 0.330. The summed E-state index contributed by atoms with van der Waals surface area (Å²) in [7, 11) is 0. The number of rotatable bonds is 3. The third-order valence-corrected chi connectivity index (χ3v) is 3.14. The Labute approximate surface area is 103 Å². The first-order valence-corrected chi connectivity index (χ1v) is 6.06. The lowest BCUT2D eigenvalue weighted by atomic mass is 10.1. The van der Waals surface area contributed by atoms with Crippen LogP contribution in [0.15, 0.2) is 48.5 Å². The molecule has 2 aromatic carbocycles. The van der Waals surface area contributed by atoms with Gasteiger partial charge in [-0.05, 0) is 37.5 Å². The van der Waals surface area contributed by atoms with Gasteiger partial charge in [0.05, 0.1) is 0 Å². The van der Waals surface area contributed by atoms with Gasteiger partial charge >= 0.3 is 0 Å². The van der Waals surface area contributed by atoms with Crippen molar-refractivity contribution in [3.63, 3.8) is 0 Å². The molecular formula is C16H19N. The Morgan fingerprint density at radius 3 is 2.00 bits per heavy atom. The molecule has 0 aliphatic heterocycles. The van der Waals surface area contributed by atoms with E-state index in [-0.39, 0.29) is 0 Å². The average Bonchev–Trinajstić information content (AvgIpc) is 2.35. The highest BCUT2D eigenvalue weighted by Gasteiger charge is 2.07. The monoisotopic (exact) mass is 225 g/mol. The molecule has 1 N–H and O–H groups in total. The number of hydrogen-bond donors (Lipinski definition) is 1. The topological polar surface area (TPSA) is 12.0 Å². The molecule has 0 fully saturated rings. The predicted molar refractivity (Wildman–Crippen MR) is 74.4 cm³/mol. The molecule has 0 spiro atoms. The quantitative estimate of drug-likeness (QED) is 0.812. The summed E-state index contributed by atoms with van der Waals surface area (Å²) in [6.45, 7) is 6.49. The van der Waals surface area contributed by atoms with Crippen molar-refractivity contribution in [1.29, 1.82) is 0 Å². The maximum Gasteiger partial charge on any atom is 0.0485 e. The highest BCUT2D eigenvalue weighted by molar-refractivity contribution is 5.57. The van der Waals surface area contributed by atoms with E-state index in [1.54, 1.807) is 0 Å². The summed E-state index contributed by atoms with van der Waals surface area (Å²) in [6, 6.07) is 17.3. The van der Waals surface area contributed by atoms with Gasteiger partial charge in [0.1, 0.15) is 0 Å². The summed E-state index contributed by atoms with van der Waals surface area (Å²) in [5.74, 6) is 0. The first-order valence-electron chi connectivity index (χ1n) is 6.06. The average molecular weight is 225 g/mol. The number of para-hydroxylation sites is 1. The van der Waals surface area contributed by atoms with Crippen LogP contribution in [0.3, 0.4) is 0 Å². The SMILES string of the molecule is Cc1cccc(C)c1NC(C)c1ccccc1. The van der Waals surface area contributed by atoms with Crippen LogP contribution in [0.4, 0.5) is 5.69 Å².